The Kier molecular flexibility index (Phi) is 3.84. The largest absolute Gasteiger partial charge is 0.380 e. The van der Waals surface area contributed by atoms with E-state index in [1.807, 2.05) is 0 Å². The average molecular weight is 248 g/mol. The fourth-order valence-electron chi connectivity index (χ4n) is 2.10. The summed E-state index contributed by atoms with van der Waals surface area (Å²) in [5.41, 5.74) is 5.59. The van der Waals surface area contributed by atoms with Crippen LogP contribution in [0, 0.1) is 5.92 Å². The number of rotatable bonds is 5. The van der Waals surface area contributed by atoms with Gasteiger partial charge >= 0.3 is 0 Å². The van der Waals surface area contributed by atoms with E-state index in [0.29, 0.717) is 32.1 Å². The second-order valence-corrected chi connectivity index (χ2v) is 6.67. The maximum absolute atomic E-state index is 12.0. The highest BCUT2D eigenvalue weighted by atomic mass is 32.2. The van der Waals surface area contributed by atoms with E-state index in [0.717, 1.165) is 19.3 Å². The molecule has 1 aliphatic carbocycles. The van der Waals surface area contributed by atoms with Gasteiger partial charge in [0.05, 0.1) is 11.9 Å². The minimum absolute atomic E-state index is 0.0769. The summed E-state index contributed by atoms with van der Waals surface area (Å²) in [5.74, 6) is 0.448. The van der Waals surface area contributed by atoms with Gasteiger partial charge < -0.3 is 10.5 Å². The fraction of sp³-hybridized carbons (Fsp3) is 1.00. The van der Waals surface area contributed by atoms with Crippen LogP contribution in [0.2, 0.25) is 0 Å². The predicted molar refractivity (Wildman–Crippen MR) is 61.5 cm³/mol. The Morgan fingerprint density at radius 3 is 2.62 bits per heavy atom. The molecule has 5 nitrogen and oxygen atoms in total. The third-order valence-corrected chi connectivity index (χ3v) is 5.20. The number of hydrogen-bond acceptors (Lipinski definition) is 4. The van der Waals surface area contributed by atoms with Crippen molar-refractivity contribution in [2.75, 3.05) is 19.8 Å². The van der Waals surface area contributed by atoms with Gasteiger partial charge in [0.25, 0.3) is 0 Å². The van der Waals surface area contributed by atoms with Gasteiger partial charge in [-0.25, -0.2) is 13.1 Å². The number of sulfonamides is 1. The lowest BCUT2D eigenvalue weighted by atomic mass is 10.2. The smallest absolute Gasteiger partial charge is 0.217 e. The van der Waals surface area contributed by atoms with Crippen molar-refractivity contribution < 1.29 is 13.2 Å². The Balaban J connectivity index is 1.94. The summed E-state index contributed by atoms with van der Waals surface area (Å²) in [6.45, 7) is 1.38. The summed E-state index contributed by atoms with van der Waals surface area (Å²) >= 11 is 0. The molecule has 3 N–H and O–H groups in total. The maximum Gasteiger partial charge on any atom is 0.217 e. The molecule has 16 heavy (non-hydrogen) atoms. The van der Waals surface area contributed by atoms with Crippen LogP contribution in [0.3, 0.4) is 0 Å². The molecule has 0 spiro atoms. The molecule has 2 rings (SSSR count). The van der Waals surface area contributed by atoms with E-state index in [4.69, 9.17) is 10.5 Å². The lowest BCUT2D eigenvalue weighted by molar-refractivity contribution is 0.0987. The lowest BCUT2D eigenvalue weighted by Gasteiger charge is -2.25. The molecular formula is C10H20N2O3S. The molecule has 0 bridgehead atoms. The summed E-state index contributed by atoms with van der Waals surface area (Å²) < 4.78 is 32.0. The van der Waals surface area contributed by atoms with Crippen molar-refractivity contribution in [2.45, 2.75) is 37.0 Å². The molecule has 0 unspecified atom stereocenters. The first-order valence-electron chi connectivity index (χ1n) is 5.92. The van der Waals surface area contributed by atoms with Crippen LogP contribution < -0.4 is 10.5 Å². The lowest BCUT2D eigenvalue weighted by Crippen LogP contribution is -2.47. The second kappa shape index (κ2) is 5.00. The van der Waals surface area contributed by atoms with E-state index in [2.05, 4.69) is 4.72 Å². The van der Waals surface area contributed by atoms with E-state index >= 15 is 0 Å². The van der Waals surface area contributed by atoms with Crippen LogP contribution in [0.5, 0.6) is 0 Å². The fourth-order valence-corrected chi connectivity index (χ4v) is 3.75. The summed E-state index contributed by atoms with van der Waals surface area (Å²) in [7, 11) is -3.25. The standard InChI is InChI=1S/C10H20N2O3S/c11-6-10(8-3-4-8)12-16(13,14)9-2-1-5-15-7-9/h8-10,12H,1-7,11H2/t9-,10+/m1/s1. The molecule has 0 aromatic heterocycles. The summed E-state index contributed by atoms with van der Waals surface area (Å²) in [4.78, 5) is 0. The van der Waals surface area contributed by atoms with Gasteiger partial charge in [-0.15, -0.1) is 0 Å². The van der Waals surface area contributed by atoms with E-state index in [1.54, 1.807) is 0 Å². The van der Waals surface area contributed by atoms with Crippen LogP contribution >= 0.6 is 0 Å². The molecule has 6 heteroatoms. The van der Waals surface area contributed by atoms with Crippen LogP contribution in [0.25, 0.3) is 0 Å². The SMILES string of the molecule is NC[C@H](NS(=O)(=O)[C@@H]1CCCOC1)C1CC1. The number of ether oxygens (including phenoxy) is 1. The normalized spacial score (nSPS) is 28.9. The summed E-state index contributed by atoms with van der Waals surface area (Å²) in [6, 6.07) is -0.0769. The maximum atomic E-state index is 12.0. The van der Waals surface area contributed by atoms with Crippen molar-refractivity contribution >= 4 is 10.0 Å². The van der Waals surface area contributed by atoms with Crippen molar-refractivity contribution in [1.29, 1.82) is 0 Å². The van der Waals surface area contributed by atoms with E-state index in [1.165, 1.54) is 0 Å². The average Bonchev–Trinajstić information content (AvgIpc) is 3.11. The molecule has 0 aromatic rings. The zero-order chi connectivity index (χ0) is 11.6. The van der Waals surface area contributed by atoms with Gasteiger partial charge in [-0.2, -0.15) is 0 Å². The molecule has 1 saturated carbocycles. The molecule has 94 valence electrons. The zero-order valence-electron chi connectivity index (χ0n) is 9.39. The minimum Gasteiger partial charge on any atom is -0.380 e. The highest BCUT2D eigenvalue weighted by molar-refractivity contribution is 7.90. The quantitative estimate of drug-likeness (QED) is 0.707. The van der Waals surface area contributed by atoms with Crippen molar-refractivity contribution in [3.05, 3.63) is 0 Å². The molecule has 2 atom stereocenters. The van der Waals surface area contributed by atoms with Gasteiger partial charge in [-0.3, -0.25) is 0 Å². The van der Waals surface area contributed by atoms with Crippen LogP contribution in [-0.2, 0) is 14.8 Å². The van der Waals surface area contributed by atoms with Crippen LogP contribution in [0.4, 0.5) is 0 Å². The zero-order valence-corrected chi connectivity index (χ0v) is 10.2. The van der Waals surface area contributed by atoms with Crippen molar-refractivity contribution in [3.8, 4) is 0 Å². The Morgan fingerprint density at radius 2 is 2.12 bits per heavy atom. The van der Waals surface area contributed by atoms with Gasteiger partial charge in [0.15, 0.2) is 0 Å². The van der Waals surface area contributed by atoms with Gasteiger partial charge in [-0.1, -0.05) is 0 Å². The molecule has 1 saturated heterocycles. The van der Waals surface area contributed by atoms with E-state index in [-0.39, 0.29) is 6.04 Å². The van der Waals surface area contributed by atoms with Crippen LogP contribution in [-0.4, -0.2) is 39.5 Å². The molecule has 2 fully saturated rings. The van der Waals surface area contributed by atoms with Crippen molar-refractivity contribution in [3.63, 3.8) is 0 Å². The Morgan fingerprint density at radius 1 is 1.38 bits per heavy atom. The molecule has 1 aliphatic heterocycles. The molecule has 1 heterocycles. The number of nitrogens with one attached hydrogen (secondary N) is 1. The predicted octanol–water partition coefficient (Wildman–Crippen LogP) is -0.178. The van der Waals surface area contributed by atoms with E-state index < -0.39 is 15.3 Å². The monoisotopic (exact) mass is 248 g/mol. The first-order chi connectivity index (χ1) is 7.63. The van der Waals surface area contributed by atoms with Crippen molar-refractivity contribution in [2.24, 2.45) is 11.7 Å². The Bertz CT molecular complexity index is 321. The third kappa shape index (κ3) is 2.94. The molecule has 0 aromatic carbocycles. The first-order valence-corrected chi connectivity index (χ1v) is 7.47. The van der Waals surface area contributed by atoms with Crippen molar-refractivity contribution in [1.82, 2.24) is 4.72 Å². The topological polar surface area (TPSA) is 81.4 Å². The minimum atomic E-state index is -3.25. The van der Waals surface area contributed by atoms with Crippen LogP contribution in [0.15, 0.2) is 0 Å². The third-order valence-electron chi connectivity index (χ3n) is 3.32. The molecular weight excluding hydrogens is 228 g/mol. The van der Waals surface area contributed by atoms with E-state index in [9.17, 15) is 8.42 Å². The summed E-state index contributed by atoms with van der Waals surface area (Å²) in [5, 5.41) is -0.394. The summed E-state index contributed by atoms with van der Waals surface area (Å²) in [6.07, 6.45) is 3.69. The highest BCUT2D eigenvalue weighted by Gasteiger charge is 2.36. The van der Waals surface area contributed by atoms with Gasteiger partial charge in [0.2, 0.25) is 10.0 Å². The second-order valence-electron chi connectivity index (χ2n) is 4.68. The molecule has 0 radical (unpaired) electrons. The van der Waals surface area contributed by atoms with Crippen LogP contribution in [0.1, 0.15) is 25.7 Å². The number of nitrogens with two attached hydrogens (primary N) is 1. The Hall–Kier alpha value is -0.170. The Labute approximate surface area is 96.8 Å². The van der Waals surface area contributed by atoms with Gasteiger partial charge in [0, 0.05) is 19.2 Å². The van der Waals surface area contributed by atoms with Gasteiger partial charge in [-0.05, 0) is 31.6 Å². The number of hydrogen-bond donors (Lipinski definition) is 2. The molecule has 0 amide bonds. The van der Waals surface area contributed by atoms with Gasteiger partial charge in [0.1, 0.15) is 0 Å². The molecule has 2 aliphatic rings. The first kappa shape index (κ1) is 12.3. The highest BCUT2D eigenvalue weighted by Crippen LogP contribution is 2.32.